The van der Waals surface area contributed by atoms with Crippen molar-refractivity contribution in [2.75, 3.05) is 33.4 Å². The van der Waals surface area contributed by atoms with Crippen LogP contribution < -0.4 is 5.73 Å². The number of hydrogen-bond donors (Lipinski definition) is 2. The number of primary amides is 1. The van der Waals surface area contributed by atoms with Gasteiger partial charge in [0.05, 0.1) is 23.0 Å². The van der Waals surface area contributed by atoms with Crippen molar-refractivity contribution < 1.29 is 28.6 Å². The summed E-state index contributed by atoms with van der Waals surface area (Å²) < 4.78 is 20.8. The number of piperidine rings is 1. The summed E-state index contributed by atoms with van der Waals surface area (Å²) >= 11 is 0. The van der Waals surface area contributed by atoms with Gasteiger partial charge in [-0.15, -0.1) is 0 Å². The molecule has 3 N–H and O–H groups in total. The van der Waals surface area contributed by atoms with Gasteiger partial charge in [0.1, 0.15) is 5.82 Å². The Bertz CT molecular complexity index is 1050. The molecule has 1 saturated heterocycles. The van der Waals surface area contributed by atoms with E-state index in [1.807, 2.05) is 13.8 Å². The Morgan fingerprint density at radius 2 is 2.03 bits per heavy atom. The topological polar surface area (TPSA) is 131 Å². The van der Waals surface area contributed by atoms with Crippen LogP contribution in [0.4, 0.5) is 9.18 Å². The molecule has 0 radical (unpaired) electrons. The number of carbonyl (C=O) groups excluding carboxylic acids is 2. The molecule has 1 aliphatic heterocycles. The number of carbonyl (C=O) groups is 3. The number of hydrogen-bond acceptors (Lipinski definition) is 5. The van der Waals surface area contributed by atoms with E-state index in [1.165, 1.54) is 12.1 Å². The maximum absolute atomic E-state index is 13.9. The fourth-order valence-electron chi connectivity index (χ4n) is 4.59. The highest BCUT2D eigenvalue weighted by molar-refractivity contribution is 5.95. The average molecular weight is 492 g/mol. The van der Waals surface area contributed by atoms with Crippen LogP contribution >= 0.6 is 0 Å². The van der Waals surface area contributed by atoms with Crippen LogP contribution in [-0.4, -0.2) is 81.8 Å². The third-order valence-electron chi connectivity index (χ3n) is 6.25. The molecule has 3 rings (SSSR count). The molecular formula is C24H34FN5O5. The fraction of sp³-hybridized carbons (Fsp3) is 0.583. The molecule has 0 spiro atoms. The quantitative estimate of drug-likeness (QED) is 0.491. The standard InChI is InChI=1S/C24H34FN5O5/c1-15(2)12-30(18-10-16(21(26)31)13-28(14-18)24(33)34)23(32)22-27-19-11-17(25)6-7-20(19)29(22)8-4-5-9-35-3/h6-7,11,15-16,18H,4-5,8-10,12-14H2,1-3H3,(H2,26,31)(H,33,34)/t16-,18+/m1/s1. The zero-order valence-corrected chi connectivity index (χ0v) is 20.4. The van der Waals surface area contributed by atoms with E-state index in [1.54, 1.807) is 22.6 Å². The molecule has 1 aliphatic rings. The molecule has 2 aromatic rings. The molecule has 1 aromatic carbocycles. The van der Waals surface area contributed by atoms with E-state index in [4.69, 9.17) is 10.5 Å². The van der Waals surface area contributed by atoms with Gasteiger partial charge in [0.25, 0.3) is 5.91 Å². The molecule has 2 heterocycles. The molecule has 3 amide bonds. The number of rotatable bonds is 10. The number of benzene rings is 1. The van der Waals surface area contributed by atoms with Gasteiger partial charge in [-0.3, -0.25) is 9.59 Å². The smallest absolute Gasteiger partial charge is 0.407 e. The van der Waals surface area contributed by atoms with E-state index in [0.29, 0.717) is 30.7 Å². The second kappa shape index (κ2) is 11.5. The molecule has 1 aromatic heterocycles. The van der Waals surface area contributed by atoms with Gasteiger partial charge in [-0.2, -0.15) is 0 Å². The Morgan fingerprint density at radius 3 is 2.66 bits per heavy atom. The monoisotopic (exact) mass is 491 g/mol. The van der Waals surface area contributed by atoms with E-state index in [0.717, 1.165) is 17.7 Å². The van der Waals surface area contributed by atoms with Crippen molar-refractivity contribution in [3.63, 3.8) is 0 Å². The van der Waals surface area contributed by atoms with Crippen LogP contribution in [0.1, 0.15) is 43.7 Å². The number of fused-ring (bicyclic) bond motifs is 1. The van der Waals surface area contributed by atoms with Crippen molar-refractivity contribution in [3.8, 4) is 0 Å². The first-order valence-corrected chi connectivity index (χ1v) is 11.8. The molecule has 192 valence electrons. The summed E-state index contributed by atoms with van der Waals surface area (Å²) in [5.74, 6) is -1.90. The Hall–Kier alpha value is -3.21. The van der Waals surface area contributed by atoms with Crippen LogP contribution in [0.5, 0.6) is 0 Å². The summed E-state index contributed by atoms with van der Waals surface area (Å²) in [6.07, 6.45) is 0.595. The minimum absolute atomic E-state index is 0.00215. The van der Waals surface area contributed by atoms with Crippen LogP contribution in [0.2, 0.25) is 0 Å². The number of likely N-dealkylation sites (tertiary alicyclic amines) is 1. The van der Waals surface area contributed by atoms with Crippen molar-refractivity contribution >= 4 is 28.9 Å². The Morgan fingerprint density at radius 1 is 1.29 bits per heavy atom. The lowest BCUT2D eigenvalue weighted by Crippen LogP contribution is -2.56. The van der Waals surface area contributed by atoms with Crippen LogP contribution in [0.3, 0.4) is 0 Å². The lowest BCUT2D eigenvalue weighted by Gasteiger charge is -2.41. The maximum atomic E-state index is 13.9. The average Bonchev–Trinajstić information content (AvgIpc) is 3.16. The van der Waals surface area contributed by atoms with Gasteiger partial charge >= 0.3 is 6.09 Å². The second-order valence-electron chi connectivity index (χ2n) is 9.45. The number of aromatic nitrogens is 2. The summed E-state index contributed by atoms with van der Waals surface area (Å²) in [4.78, 5) is 44.9. The third-order valence-corrected chi connectivity index (χ3v) is 6.25. The summed E-state index contributed by atoms with van der Waals surface area (Å²) in [6.45, 7) is 5.37. The molecular weight excluding hydrogens is 457 g/mol. The van der Waals surface area contributed by atoms with Crippen molar-refractivity contribution in [3.05, 3.63) is 29.8 Å². The lowest BCUT2D eigenvalue weighted by molar-refractivity contribution is -0.124. The number of methoxy groups -OCH3 is 1. The van der Waals surface area contributed by atoms with Gasteiger partial charge in [-0.25, -0.2) is 14.2 Å². The number of imidazole rings is 1. The number of nitrogens with zero attached hydrogens (tertiary/aromatic N) is 4. The van der Waals surface area contributed by atoms with Gasteiger partial charge in [0.2, 0.25) is 5.91 Å². The first kappa shape index (κ1) is 26.4. The van der Waals surface area contributed by atoms with Crippen LogP contribution in [0.25, 0.3) is 11.0 Å². The third kappa shape index (κ3) is 6.27. The summed E-state index contributed by atoms with van der Waals surface area (Å²) in [5.41, 5.74) is 6.54. The Labute approximate surface area is 203 Å². The summed E-state index contributed by atoms with van der Waals surface area (Å²) in [7, 11) is 1.62. The van der Waals surface area contributed by atoms with Crippen LogP contribution in [0.15, 0.2) is 18.2 Å². The van der Waals surface area contributed by atoms with Gasteiger partial charge in [0.15, 0.2) is 5.82 Å². The van der Waals surface area contributed by atoms with E-state index >= 15 is 0 Å². The van der Waals surface area contributed by atoms with Gasteiger partial charge < -0.3 is 29.9 Å². The van der Waals surface area contributed by atoms with Crippen molar-refractivity contribution in [1.29, 1.82) is 0 Å². The van der Waals surface area contributed by atoms with Gasteiger partial charge in [-0.05, 0) is 37.3 Å². The molecule has 10 nitrogen and oxygen atoms in total. The maximum Gasteiger partial charge on any atom is 0.407 e. The van der Waals surface area contributed by atoms with E-state index in [-0.39, 0.29) is 37.2 Å². The normalized spacial score (nSPS) is 18.3. The van der Waals surface area contributed by atoms with Crippen LogP contribution in [0, 0.1) is 17.7 Å². The highest BCUT2D eigenvalue weighted by Gasteiger charge is 2.38. The number of unbranched alkanes of at least 4 members (excludes halogenated alkanes) is 1. The molecule has 0 unspecified atom stereocenters. The first-order valence-electron chi connectivity index (χ1n) is 11.8. The number of halogens is 1. The van der Waals surface area contributed by atoms with Crippen molar-refractivity contribution in [2.24, 2.45) is 17.6 Å². The molecule has 1 fully saturated rings. The SMILES string of the molecule is COCCCCn1c(C(=O)N(CC(C)C)[C@H]2C[C@@H](C(N)=O)CN(C(=O)O)C2)nc2cc(F)ccc21. The van der Waals surface area contributed by atoms with Gasteiger partial charge in [-0.1, -0.05) is 13.8 Å². The molecule has 35 heavy (non-hydrogen) atoms. The molecule has 0 aliphatic carbocycles. The lowest BCUT2D eigenvalue weighted by atomic mass is 9.92. The fourth-order valence-corrected chi connectivity index (χ4v) is 4.59. The number of nitrogens with two attached hydrogens (primary N) is 1. The molecule has 2 atom stereocenters. The minimum atomic E-state index is -1.17. The molecule has 0 bridgehead atoms. The minimum Gasteiger partial charge on any atom is -0.465 e. The second-order valence-corrected chi connectivity index (χ2v) is 9.45. The number of aryl methyl sites for hydroxylation is 1. The predicted molar refractivity (Wildman–Crippen MR) is 127 cm³/mol. The summed E-state index contributed by atoms with van der Waals surface area (Å²) in [6, 6.07) is 3.68. The number of carboxylic acid groups (broad SMARTS) is 1. The Kier molecular flexibility index (Phi) is 8.66. The molecule has 0 saturated carbocycles. The van der Waals surface area contributed by atoms with E-state index in [2.05, 4.69) is 4.98 Å². The zero-order valence-electron chi connectivity index (χ0n) is 20.4. The first-order chi connectivity index (χ1) is 16.6. The predicted octanol–water partition coefficient (Wildman–Crippen LogP) is 2.55. The van der Waals surface area contributed by atoms with Gasteiger partial charge in [0, 0.05) is 46.0 Å². The number of amides is 3. The van der Waals surface area contributed by atoms with E-state index in [9.17, 15) is 23.9 Å². The highest BCUT2D eigenvalue weighted by Crippen LogP contribution is 2.26. The zero-order chi connectivity index (χ0) is 25.7. The molecule has 11 heteroatoms. The van der Waals surface area contributed by atoms with E-state index < -0.39 is 29.8 Å². The van der Waals surface area contributed by atoms with Crippen molar-refractivity contribution in [2.45, 2.75) is 45.7 Å². The summed E-state index contributed by atoms with van der Waals surface area (Å²) in [5, 5.41) is 9.59. The van der Waals surface area contributed by atoms with Crippen LogP contribution in [-0.2, 0) is 16.1 Å². The Balaban J connectivity index is 2.00. The highest BCUT2D eigenvalue weighted by atomic mass is 19.1. The number of ether oxygens (including phenoxy) is 1. The van der Waals surface area contributed by atoms with Crippen molar-refractivity contribution in [1.82, 2.24) is 19.4 Å². The largest absolute Gasteiger partial charge is 0.465 e.